The predicted octanol–water partition coefficient (Wildman–Crippen LogP) is 1.33. The van der Waals surface area contributed by atoms with E-state index in [2.05, 4.69) is 9.97 Å². The fourth-order valence-electron chi connectivity index (χ4n) is 1.38. The maximum absolute atomic E-state index is 11.2. The fraction of sp³-hybridized carbons (Fsp3) is 0.0909. The van der Waals surface area contributed by atoms with Crippen LogP contribution in [0, 0.1) is 6.92 Å². The van der Waals surface area contributed by atoms with Crippen molar-refractivity contribution in [2.24, 2.45) is 0 Å². The average Bonchev–Trinajstić information content (AvgIpc) is 2.17. The van der Waals surface area contributed by atoms with Gasteiger partial charge in [0.2, 0.25) is 0 Å². The number of rotatable bonds is 1. The smallest absolute Gasteiger partial charge is 0.251 e. The first-order chi connectivity index (χ1) is 7.15. The zero-order valence-electron chi connectivity index (χ0n) is 8.32. The van der Waals surface area contributed by atoms with E-state index >= 15 is 0 Å². The Kier molecular flexibility index (Phi) is 2.25. The molecule has 0 atom stereocenters. The number of nitrogens with two attached hydrogens (primary N) is 1. The van der Waals surface area contributed by atoms with Crippen LogP contribution in [0.2, 0.25) is 0 Å². The average molecular weight is 201 g/mol. The van der Waals surface area contributed by atoms with Gasteiger partial charge in [0.1, 0.15) is 5.82 Å². The molecule has 0 aliphatic heterocycles. The molecule has 0 fully saturated rings. The molecule has 0 radical (unpaired) electrons. The largest absolute Gasteiger partial charge is 0.399 e. The summed E-state index contributed by atoms with van der Waals surface area (Å²) in [4.78, 5) is 18.1. The van der Waals surface area contributed by atoms with Gasteiger partial charge in [-0.05, 0) is 19.1 Å². The van der Waals surface area contributed by atoms with Crippen LogP contribution in [-0.2, 0) is 0 Å². The number of aryl methyl sites for hydroxylation is 1. The van der Waals surface area contributed by atoms with Crippen molar-refractivity contribution in [1.82, 2.24) is 9.97 Å². The number of hydrogen-bond acceptors (Lipinski definition) is 3. The van der Waals surface area contributed by atoms with Crippen LogP contribution in [0.1, 0.15) is 5.82 Å². The SMILES string of the molecule is Cc1nc(-c2ccc(N)cc2)cc(=O)[nH]1. The van der Waals surface area contributed by atoms with E-state index in [0.717, 1.165) is 5.56 Å². The second-order valence-electron chi connectivity index (χ2n) is 3.34. The number of aromatic amines is 1. The van der Waals surface area contributed by atoms with Crippen LogP contribution in [0.25, 0.3) is 11.3 Å². The minimum Gasteiger partial charge on any atom is -0.399 e. The standard InChI is InChI=1S/C11H11N3O/c1-7-13-10(6-11(15)14-7)8-2-4-9(12)5-3-8/h2-6H,12H2,1H3,(H,13,14,15). The van der Waals surface area contributed by atoms with E-state index < -0.39 is 0 Å². The molecular formula is C11H11N3O. The van der Waals surface area contributed by atoms with Gasteiger partial charge in [-0.3, -0.25) is 4.79 Å². The van der Waals surface area contributed by atoms with Gasteiger partial charge in [0.05, 0.1) is 5.69 Å². The summed E-state index contributed by atoms with van der Waals surface area (Å²) >= 11 is 0. The molecule has 0 aliphatic rings. The molecule has 0 spiro atoms. The van der Waals surface area contributed by atoms with E-state index in [0.29, 0.717) is 17.2 Å². The van der Waals surface area contributed by atoms with Crippen LogP contribution in [0.3, 0.4) is 0 Å². The van der Waals surface area contributed by atoms with Crippen molar-refractivity contribution in [2.45, 2.75) is 6.92 Å². The van der Waals surface area contributed by atoms with Gasteiger partial charge in [-0.15, -0.1) is 0 Å². The van der Waals surface area contributed by atoms with E-state index in [1.165, 1.54) is 6.07 Å². The zero-order chi connectivity index (χ0) is 10.8. The summed E-state index contributed by atoms with van der Waals surface area (Å²) in [6.45, 7) is 1.75. The Morgan fingerprint density at radius 3 is 2.53 bits per heavy atom. The molecule has 2 aromatic rings. The minimum atomic E-state index is -0.144. The molecule has 2 rings (SSSR count). The van der Waals surface area contributed by atoms with Gasteiger partial charge in [0, 0.05) is 17.3 Å². The number of H-pyrrole nitrogens is 1. The van der Waals surface area contributed by atoms with Gasteiger partial charge in [-0.25, -0.2) is 4.98 Å². The lowest BCUT2D eigenvalue weighted by Crippen LogP contribution is -2.08. The van der Waals surface area contributed by atoms with Crippen molar-refractivity contribution < 1.29 is 0 Å². The molecular weight excluding hydrogens is 190 g/mol. The summed E-state index contributed by atoms with van der Waals surface area (Å²) in [6.07, 6.45) is 0. The maximum atomic E-state index is 11.2. The fourth-order valence-corrected chi connectivity index (χ4v) is 1.38. The van der Waals surface area contributed by atoms with Gasteiger partial charge in [-0.1, -0.05) is 12.1 Å². The Morgan fingerprint density at radius 2 is 1.93 bits per heavy atom. The van der Waals surface area contributed by atoms with E-state index in [-0.39, 0.29) is 5.56 Å². The Labute approximate surface area is 86.8 Å². The zero-order valence-corrected chi connectivity index (χ0v) is 8.32. The summed E-state index contributed by atoms with van der Waals surface area (Å²) < 4.78 is 0. The molecule has 1 heterocycles. The molecule has 76 valence electrons. The van der Waals surface area contributed by atoms with Crippen molar-refractivity contribution in [2.75, 3.05) is 5.73 Å². The second kappa shape index (κ2) is 3.57. The minimum absolute atomic E-state index is 0.144. The predicted molar refractivity (Wildman–Crippen MR) is 59.4 cm³/mol. The van der Waals surface area contributed by atoms with Gasteiger partial charge >= 0.3 is 0 Å². The molecule has 0 saturated heterocycles. The lowest BCUT2D eigenvalue weighted by atomic mass is 10.1. The maximum Gasteiger partial charge on any atom is 0.251 e. The molecule has 1 aromatic carbocycles. The number of anilines is 1. The molecule has 0 amide bonds. The molecule has 0 bridgehead atoms. The molecule has 0 unspecified atom stereocenters. The Hall–Kier alpha value is -2.10. The third-order valence-electron chi connectivity index (χ3n) is 2.07. The Morgan fingerprint density at radius 1 is 1.27 bits per heavy atom. The van der Waals surface area contributed by atoms with Crippen LogP contribution in [0.5, 0.6) is 0 Å². The number of nitrogens with one attached hydrogen (secondary N) is 1. The van der Waals surface area contributed by atoms with Crippen molar-refractivity contribution in [3.8, 4) is 11.3 Å². The highest BCUT2D eigenvalue weighted by Crippen LogP contribution is 2.16. The van der Waals surface area contributed by atoms with Gasteiger partial charge in [0.25, 0.3) is 5.56 Å². The normalized spacial score (nSPS) is 10.2. The first kappa shape index (κ1) is 9.45. The monoisotopic (exact) mass is 201 g/mol. The third kappa shape index (κ3) is 2.04. The summed E-state index contributed by atoms with van der Waals surface area (Å²) in [5.74, 6) is 0.606. The highest BCUT2D eigenvalue weighted by Gasteiger charge is 2.00. The molecule has 0 aliphatic carbocycles. The van der Waals surface area contributed by atoms with Gasteiger partial charge in [-0.2, -0.15) is 0 Å². The number of aromatic nitrogens is 2. The molecule has 4 nitrogen and oxygen atoms in total. The lowest BCUT2D eigenvalue weighted by Gasteiger charge is -2.01. The lowest BCUT2D eigenvalue weighted by molar-refractivity contribution is 1.02. The van der Waals surface area contributed by atoms with E-state index in [9.17, 15) is 4.79 Å². The molecule has 4 heteroatoms. The summed E-state index contributed by atoms with van der Waals surface area (Å²) in [7, 11) is 0. The van der Waals surface area contributed by atoms with Crippen LogP contribution >= 0.6 is 0 Å². The first-order valence-corrected chi connectivity index (χ1v) is 4.59. The van der Waals surface area contributed by atoms with E-state index in [1.54, 1.807) is 19.1 Å². The van der Waals surface area contributed by atoms with Gasteiger partial charge in [0.15, 0.2) is 0 Å². The Bertz CT molecular complexity index is 528. The topological polar surface area (TPSA) is 71.8 Å². The molecule has 0 saturated carbocycles. The van der Waals surface area contributed by atoms with Crippen molar-refractivity contribution in [3.05, 3.63) is 46.5 Å². The Balaban J connectivity index is 2.54. The number of hydrogen-bond donors (Lipinski definition) is 2. The van der Waals surface area contributed by atoms with Crippen LogP contribution in [0.15, 0.2) is 35.1 Å². The number of nitrogens with zero attached hydrogens (tertiary/aromatic N) is 1. The van der Waals surface area contributed by atoms with Crippen molar-refractivity contribution in [3.63, 3.8) is 0 Å². The van der Waals surface area contributed by atoms with Crippen molar-refractivity contribution >= 4 is 5.69 Å². The third-order valence-corrected chi connectivity index (χ3v) is 2.07. The second-order valence-corrected chi connectivity index (χ2v) is 3.34. The summed E-state index contributed by atoms with van der Waals surface area (Å²) in [5, 5.41) is 0. The quantitative estimate of drug-likeness (QED) is 0.683. The summed E-state index contributed by atoms with van der Waals surface area (Å²) in [6, 6.07) is 8.73. The number of benzene rings is 1. The first-order valence-electron chi connectivity index (χ1n) is 4.59. The van der Waals surface area contributed by atoms with Crippen LogP contribution in [0.4, 0.5) is 5.69 Å². The van der Waals surface area contributed by atoms with E-state index in [1.807, 2.05) is 12.1 Å². The molecule has 15 heavy (non-hydrogen) atoms. The highest BCUT2D eigenvalue weighted by molar-refractivity contribution is 5.61. The molecule has 1 aromatic heterocycles. The van der Waals surface area contributed by atoms with Crippen molar-refractivity contribution in [1.29, 1.82) is 0 Å². The molecule has 3 N–H and O–H groups in total. The highest BCUT2D eigenvalue weighted by atomic mass is 16.1. The van der Waals surface area contributed by atoms with Gasteiger partial charge < -0.3 is 10.7 Å². The van der Waals surface area contributed by atoms with Crippen LogP contribution in [-0.4, -0.2) is 9.97 Å². The number of nitrogen functional groups attached to an aromatic ring is 1. The van der Waals surface area contributed by atoms with Crippen LogP contribution < -0.4 is 11.3 Å². The summed E-state index contributed by atoms with van der Waals surface area (Å²) in [5.41, 5.74) is 7.68. The van der Waals surface area contributed by atoms with E-state index in [4.69, 9.17) is 5.73 Å².